The van der Waals surface area contributed by atoms with Gasteiger partial charge in [-0.1, -0.05) is 12.1 Å². The second kappa shape index (κ2) is 7.23. The van der Waals surface area contributed by atoms with Crippen LogP contribution in [0, 0.1) is 0 Å². The third kappa shape index (κ3) is 5.06. The average Bonchev–Trinajstić information content (AvgIpc) is 2.34. The molecule has 7 heteroatoms. The molecule has 0 radical (unpaired) electrons. The summed E-state index contributed by atoms with van der Waals surface area (Å²) in [7, 11) is -4.39. The Kier molecular flexibility index (Phi) is 6.28. The molecule has 0 saturated carbocycles. The lowest BCUT2D eigenvalue weighted by Gasteiger charge is -2.07. The van der Waals surface area contributed by atoms with Crippen molar-refractivity contribution in [1.82, 2.24) is 4.72 Å². The molecule has 0 amide bonds. The molecule has 1 rings (SSSR count). The summed E-state index contributed by atoms with van der Waals surface area (Å²) < 4.78 is 37.1. The van der Waals surface area contributed by atoms with Crippen LogP contribution in [0.4, 0.5) is 0 Å². The second-order valence-corrected chi connectivity index (χ2v) is 7.40. The number of benzene rings is 1. The Hall–Kier alpha value is -0.430. The SMILES string of the molecule is CS(=O)CCCNS(=O)(=O)c1cccc(CCl)c1. The van der Waals surface area contributed by atoms with Gasteiger partial charge in [0.05, 0.1) is 4.90 Å². The van der Waals surface area contributed by atoms with E-state index < -0.39 is 20.8 Å². The normalized spacial score (nSPS) is 13.4. The Bertz CT molecular complexity index is 517. The molecule has 1 aromatic carbocycles. The number of halogens is 1. The van der Waals surface area contributed by atoms with Crippen LogP contribution in [-0.4, -0.2) is 31.2 Å². The van der Waals surface area contributed by atoms with Crippen LogP contribution >= 0.6 is 11.6 Å². The van der Waals surface area contributed by atoms with Gasteiger partial charge in [0.15, 0.2) is 0 Å². The van der Waals surface area contributed by atoms with E-state index in [4.69, 9.17) is 11.6 Å². The van der Waals surface area contributed by atoms with Crippen molar-refractivity contribution in [3.05, 3.63) is 29.8 Å². The predicted octanol–water partition coefficient (Wildman–Crippen LogP) is 1.47. The average molecular weight is 310 g/mol. The Morgan fingerprint density at radius 3 is 2.72 bits per heavy atom. The van der Waals surface area contributed by atoms with Gasteiger partial charge in [-0.15, -0.1) is 11.6 Å². The molecule has 18 heavy (non-hydrogen) atoms. The zero-order chi connectivity index (χ0) is 13.6. The van der Waals surface area contributed by atoms with E-state index in [9.17, 15) is 12.6 Å². The van der Waals surface area contributed by atoms with Crippen LogP contribution in [0.15, 0.2) is 29.2 Å². The summed E-state index contributed by atoms with van der Waals surface area (Å²) in [4.78, 5) is 0.207. The number of hydrogen-bond acceptors (Lipinski definition) is 3. The quantitative estimate of drug-likeness (QED) is 0.613. The molecule has 0 spiro atoms. The van der Waals surface area contributed by atoms with Gasteiger partial charge in [0.2, 0.25) is 10.0 Å². The molecule has 4 nitrogen and oxygen atoms in total. The van der Waals surface area contributed by atoms with Crippen LogP contribution in [0.25, 0.3) is 0 Å². The largest absolute Gasteiger partial charge is 0.260 e. The van der Waals surface area contributed by atoms with Crippen molar-refractivity contribution in [2.75, 3.05) is 18.6 Å². The fourth-order valence-corrected chi connectivity index (χ4v) is 3.22. The van der Waals surface area contributed by atoms with Crippen molar-refractivity contribution in [2.45, 2.75) is 17.2 Å². The number of rotatable bonds is 7. The van der Waals surface area contributed by atoms with Gasteiger partial charge >= 0.3 is 0 Å². The maximum Gasteiger partial charge on any atom is 0.240 e. The molecule has 0 bridgehead atoms. The molecule has 0 aliphatic carbocycles. The van der Waals surface area contributed by atoms with E-state index in [1.807, 2.05) is 0 Å². The van der Waals surface area contributed by atoms with Crippen molar-refractivity contribution < 1.29 is 12.6 Å². The summed E-state index contributed by atoms with van der Waals surface area (Å²) in [6.45, 7) is 0.285. The molecule has 0 aliphatic heterocycles. The van der Waals surface area contributed by atoms with Crippen LogP contribution in [-0.2, 0) is 26.7 Å². The van der Waals surface area contributed by atoms with Gasteiger partial charge in [0, 0.05) is 35.2 Å². The molecule has 1 N–H and O–H groups in total. The molecular formula is C11H16ClNO3S2. The molecule has 102 valence electrons. The van der Waals surface area contributed by atoms with E-state index in [1.54, 1.807) is 24.5 Å². The second-order valence-electron chi connectivity index (χ2n) is 3.81. The fraction of sp³-hybridized carbons (Fsp3) is 0.455. The van der Waals surface area contributed by atoms with Gasteiger partial charge in [0.25, 0.3) is 0 Å². The van der Waals surface area contributed by atoms with E-state index in [1.165, 1.54) is 6.07 Å². The van der Waals surface area contributed by atoms with Crippen molar-refractivity contribution in [2.24, 2.45) is 0 Å². The highest BCUT2D eigenvalue weighted by atomic mass is 35.5. The maximum absolute atomic E-state index is 11.9. The summed E-state index contributed by atoms with van der Waals surface area (Å²) in [5.74, 6) is 0.766. The van der Waals surface area contributed by atoms with E-state index in [0.29, 0.717) is 12.2 Å². The van der Waals surface area contributed by atoms with E-state index in [-0.39, 0.29) is 17.3 Å². The van der Waals surface area contributed by atoms with Gasteiger partial charge in [-0.2, -0.15) is 0 Å². The first-order valence-electron chi connectivity index (χ1n) is 5.40. The molecule has 0 aliphatic rings. The Labute approximate surface area is 115 Å². The third-order valence-electron chi connectivity index (χ3n) is 2.26. The number of sulfonamides is 1. The van der Waals surface area contributed by atoms with E-state index >= 15 is 0 Å². The van der Waals surface area contributed by atoms with Crippen LogP contribution in [0.5, 0.6) is 0 Å². The number of alkyl halides is 1. The van der Waals surface area contributed by atoms with Crippen molar-refractivity contribution >= 4 is 32.4 Å². The minimum atomic E-state index is -3.50. The molecule has 0 fully saturated rings. The highest BCUT2D eigenvalue weighted by molar-refractivity contribution is 7.89. The van der Waals surface area contributed by atoms with Gasteiger partial charge in [-0.3, -0.25) is 4.21 Å². The predicted molar refractivity (Wildman–Crippen MR) is 74.7 cm³/mol. The lowest BCUT2D eigenvalue weighted by Crippen LogP contribution is -2.25. The van der Waals surface area contributed by atoms with Crippen LogP contribution in [0.3, 0.4) is 0 Å². The van der Waals surface area contributed by atoms with Gasteiger partial charge in [-0.05, 0) is 24.1 Å². The van der Waals surface area contributed by atoms with Crippen molar-refractivity contribution in [1.29, 1.82) is 0 Å². The van der Waals surface area contributed by atoms with Gasteiger partial charge < -0.3 is 0 Å². The summed E-state index contributed by atoms with van der Waals surface area (Å²) in [6, 6.07) is 6.50. The zero-order valence-electron chi connectivity index (χ0n) is 10.1. The van der Waals surface area contributed by atoms with Crippen LogP contribution in [0.1, 0.15) is 12.0 Å². The third-order valence-corrected chi connectivity index (χ3v) is 4.89. The highest BCUT2D eigenvalue weighted by Gasteiger charge is 2.13. The summed E-state index contributed by atoms with van der Waals surface area (Å²) >= 11 is 5.66. The fourth-order valence-electron chi connectivity index (χ4n) is 1.36. The summed E-state index contributed by atoms with van der Waals surface area (Å²) in [5.41, 5.74) is 0.759. The minimum absolute atomic E-state index is 0.207. The van der Waals surface area contributed by atoms with Gasteiger partial charge in [0.1, 0.15) is 0 Å². The first kappa shape index (κ1) is 15.6. The Morgan fingerprint density at radius 2 is 2.11 bits per heavy atom. The van der Waals surface area contributed by atoms with E-state index in [0.717, 1.165) is 5.56 Å². The van der Waals surface area contributed by atoms with Crippen molar-refractivity contribution in [3.63, 3.8) is 0 Å². The first-order valence-corrected chi connectivity index (χ1v) is 9.15. The topological polar surface area (TPSA) is 63.2 Å². The monoisotopic (exact) mass is 309 g/mol. The molecule has 1 unspecified atom stereocenters. The standard InChI is InChI=1S/C11H16ClNO3S2/c1-17(14)7-3-6-13-18(15,16)11-5-2-4-10(8-11)9-12/h2,4-5,8,13H,3,6-7,9H2,1H3. The molecule has 0 saturated heterocycles. The molecule has 0 aromatic heterocycles. The minimum Gasteiger partial charge on any atom is -0.260 e. The smallest absolute Gasteiger partial charge is 0.240 e. The molecule has 1 atom stereocenters. The van der Waals surface area contributed by atoms with Crippen LogP contribution in [0.2, 0.25) is 0 Å². The van der Waals surface area contributed by atoms with Gasteiger partial charge in [-0.25, -0.2) is 13.1 Å². The molecule has 0 heterocycles. The summed E-state index contributed by atoms with van der Waals surface area (Å²) in [5, 5.41) is 0. The zero-order valence-corrected chi connectivity index (χ0v) is 12.4. The lowest BCUT2D eigenvalue weighted by atomic mass is 10.2. The Morgan fingerprint density at radius 1 is 1.39 bits per heavy atom. The van der Waals surface area contributed by atoms with Crippen molar-refractivity contribution in [3.8, 4) is 0 Å². The number of hydrogen-bond donors (Lipinski definition) is 1. The molecule has 1 aromatic rings. The lowest BCUT2D eigenvalue weighted by molar-refractivity contribution is 0.580. The highest BCUT2D eigenvalue weighted by Crippen LogP contribution is 2.12. The number of nitrogens with one attached hydrogen (secondary N) is 1. The molecular weight excluding hydrogens is 294 g/mol. The summed E-state index contributed by atoms with van der Waals surface area (Å²) in [6.07, 6.45) is 2.15. The van der Waals surface area contributed by atoms with Crippen LogP contribution < -0.4 is 4.72 Å². The van der Waals surface area contributed by atoms with E-state index in [2.05, 4.69) is 4.72 Å². The Balaban J connectivity index is 2.65. The first-order chi connectivity index (χ1) is 8.45. The maximum atomic E-state index is 11.9.